The highest BCUT2D eigenvalue weighted by molar-refractivity contribution is 5.19. The summed E-state index contributed by atoms with van der Waals surface area (Å²) in [7, 11) is 0. The van der Waals surface area contributed by atoms with E-state index < -0.39 is 0 Å². The highest BCUT2D eigenvalue weighted by Gasteiger charge is 2.18. The van der Waals surface area contributed by atoms with Gasteiger partial charge in [0.1, 0.15) is 0 Å². The van der Waals surface area contributed by atoms with Gasteiger partial charge in [-0.2, -0.15) is 0 Å². The minimum Gasteiger partial charge on any atom is -0.379 e. The molecule has 2 rings (SSSR count). The van der Waals surface area contributed by atoms with E-state index in [4.69, 9.17) is 4.74 Å². The Hall–Kier alpha value is -0.380. The molecule has 3 heteroatoms. The van der Waals surface area contributed by atoms with Gasteiger partial charge in [-0.15, -0.1) is 0 Å². The van der Waals surface area contributed by atoms with Crippen molar-refractivity contribution in [3.05, 3.63) is 11.6 Å². The van der Waals surface area contributed by atoms with Crippen LogP contribution < -0.4 is 5.32 Å². The Morgan fingerprint density at radius 2 is 2.31 bits per heavy atom. The fraction of sp³-hybridized carbons (Fsp3) is 0.800. The van der Waals surface area contributed by atoms with Crippen LogP contribution in [0.4, 0.5) is 0 Å². The van der Waals surface area contributed by atoms with E-state index >= 15 is 0 Å². The molecule has 74 valence electrons. The lowest BCUT2D eigenvalue weighted by atomic mass is 9.94. The molecule has 1 N–H and O–H groups in total. The van der Waals surface area contributed by atoms with Crippen LogP contribution in [0.5, 0.6) is 0 Å². The third-order valence-corrected chi connectivity index (χ3v) is 2.89. The van der Waals surface area contributed by atoms with Crippen molar-refractivity contribution in [2.75, 3.05) is 33.0 Å². The van der Waals surface area contributed by atoms with E-state index in [2.05, 4.69) is 23.2 Å². The van der Waals surface area contributed by atoms with E-state index in [1.165, 1.54) is 12.0 Å². The van der Waals surface area contributed by atoms with Crippen LogP contribution in [0.15, 0.2) is 11.6 Å². The summed E-state index contributed by atoms with van der Waals surface area (Å²) in [6.07, 6.45) is 3.49. The van der Waals surface area contributed by atoms with Gasteiger partial charge in [-0.25, -0.2) is 0 Å². The van der Waals surface area contributed by atoms with Crippen LogP contribution in [0.1, 0.15) is 13.3 Å². The minimum absolute atomic E-state index is 0.642. The number of morpholine rings is 1. The summed E-state index contributed by atoms with van der Waals surface area (Å²) in [5, 5.41) is 3.54. The van der Waals surface area contributed by atoms with Crippen molar-refractivity contribution >= 4 is 0 Å². The Balaban J connectivity index is 1.64. The maximum absolute atomic E-state index is 5.29. The number of hydrogen-bond donors (Lipinski definition) is 1. The van der Waals surface area contributed by atoms with Gasteiger partial charge in [0.15, 0.2) is 0 Å². The van der Waals surface area contributed by atoms with Crippen molar-refractivity contribution in [2.24, 2.45) is 0 Å². The number of nitrogens with zero attached hydrogens (tertiary/aromatic N) is 1. The third kappa shape index (κ3) is 2.30. The van der Waals surface area contributed by atoms with Gasteiger partial charge in [-0.3, -0.25) is 10.2 Å². The van der Waals surface area contributed by atoms with Gasteiger partial charge < -0.3 is 4.74 Å². The zero-order chi connectivity index (χ0) is 9.10. The predicted octanol–water partition coefficient (Wildman–Crippen LogP) is 0.584. The summed E-state index contributed by atoms with van der Waals surface area (Å²) in [6.45, 7) is 7.13. The van der Waals surface area contributed by atoms with Crippen molar-refractivity contribution < 1.29 is 4.74 Å². The van der Waals surface area contributed by atoms with Crippen LogP contribution in [-0.2, 0) is 4.74 Å². The molecule has 1 aliphatic heterocycles. The van der Waals surface area contributed by atoms with Crippen LogP contribution >= 0.6 is 0 Å². The molecule has 3 nitrogen and oxygen atoms in total. The van der Waals surface area contributed by atoms with E-state index in [-0.39, 0.29) is 0 Å². The fourth-order valence-corrected chi connectivity index (χ4v) is 1.71. The summed E-state index contributed by atoms with van der Waals surface area (Å²) < 4.78 is 5.29. The van der Waals surface area contributed by atoms with Gasteiger partial charge in [0.2, 0.25) is 0 Å². The third-order valence-electron chi connectivity index (χ3n) is 2.89. The average Bonchev–Trinajstić information content (AvgIpc) is 2.17. The van der Waals surface area contributed by atoms with E-state index in [0.29, 0.717) is 6.04 Å². The Bertz CT molecular complexity index is 197. The monoisotopic (exact) mass is 182 g/mol. The SMILES string of the molecule is CC1=CCC1NCN1CCOCC1. The molecule has 1 heterocycles. The van der Waals surface area contributed by atoms with Crippen LogP contribution in [0, 0.1) is 0 Å². The molecule has 0 amide bonds. The first-order valence-corrected chi connectivity index (χ1v) is 5.06. The zero-order valence-electron chi connectivity index (χ0n) is 8.25. The topological polar surface area (TPSA) is 24.5 Å². The number of hydrogen-bond acceptors (Lipinski definition) is 3. The Labute approximate surface area is 79.7 Å². The molecule has 1 atom stereocenters. The average molecular weight is 182 g/mol. The summed E-state index contributed by atoms with van der Waals surface area (Å²) >= 11 is 0. The van der Waals surface area contributed by atoms with E-state index in [9.17, 15) is 0 Å². The van der Waals surface area contributed by atoms with E-state index in [1.807, 2.05) is 0 Å². The summed E-state index contributed by atoms with van der Waals surface area (Å²) in [5.74, 6) is 0. The standard InChI is InChI=1S/C10H18N2O/c1-9-2-3-10(9)11-8-12-4-6-13-7-5-12/h2,10-11H,3-8H2,1H3. The van der Waals surface area contributed by atoms with Crippen molar-refractivity contribution in [2.45, 2.75) is 19.4 Å². The Morgan fingerprint density at radius 1 is 1.54 bits per heavy atom. The molecular formula is C10H18N2O. The lowest BCUT2D eigenvalue weighted by Gasteiger charge is -2.31. The van der Waals surface area contributed by atoms with Crippen molar-refractivity contribution in [1.29, 1.82) is 0 Å². The maximum atomic E-state index is 5.29. The Kier molecular flexibility index (Phi) is 2.98. The molecule has 2 aliphatic rings. The molecule has 0 spiro atoms. The first-order chi connectivity index (χ1) is 6.36. The zero-order valence-corrected chi connectivity index (χ0v) is 8.25. The highest BCUT2D eigenvalue weighted by Crippen LogP contribution is 2.17. The van der Waals surface area contributed by atoms with E-state index in [0.717, 1.165) is 33.0 Å². The smallest absolute Gasteiger partial charge is 0.0594 e. The second-order valence-corrected chi connectivity index (χ2v) is 3.83. The van der Waals surface area contributed by atoms with E-state index in [1.54, 1.807) is 0 Å². The second kappa shape index (κ2) is 4.22. The molecule has 0 aromatic rings. The quantitative estimate of drug-likeness (QED) is 0.646. The summed E-state index contributed by atoms with van der Waals surface area (Å²) in [4.78, 5) is 2.41. The van der Waals surface area contributed by atoms with Crippen LogP contribution in [0.25, 0.3) is 0 Å². The minimum atomic E-state index is 0.642. The maximum Gasteiger partial charge on any atom is 0.0594 e. The molecule has 1 fully saturated rings. The Morgan fingerprint density at radius 3 is 2.85 bits per heavy atom. The molecule has 0 aromatic carbocycles. The van der Waals surface area contributed by atoms with Gasteiger partial charge in [0.25, 0.3) is 0 Å². The molecule has 0 saturated carbocycles. The predicted molar refractivity (Wildman–Crippen MR) is 52.6 cm³/mol. The van der Waals surface area contributed by atoms with Gasteiger partial charge in [0.05, 0.1) is 13.2 Å². The highest BCUT2D eigenvalue weighted by atomic mass is 16.5. The molecule has 0 radical (unpaired) electrons. The van der Waals surface area contributed by atoms with Gasteiger partial charge in [0, 0.05) is 25.8 Å². The fourth-order valence-electron chi connectivity index (χ4n) is 1.71. The van der Waals surface area contributed by atoms with Crippen LogP contribution in [0.2, 0.25) is 0 Å². The molecule has 1 saturated heterocycles. The van der Waals surface area contributed by atoms with Crippen LogP contribution in [0.3, 0.4) is 0 Å². The molecule has 13 heavy (non-hydrogen) atoms. The van der Waals surface area contributed by atoms with Crippen LogP contribution in [-0.4, -0.2) is 43.9 Å². The normalized spacial score (nSPS) is 29.6. The number of nitrogens with one attached hydrogen (secondary N) is 1. The summed E-state index contributed by atoms with van der Waals surface area (Å²) in [5.41, 5.74) is 1.49. The lowest BCUT2D eigenvalue weighted by Crippen LogP contribution is -2.46. The molecule has 0 bridgehead atoms. The molecule has 1 unspecified atom stereocenters. The molecule has 1 aliphatic carbocycles. The first kappa shape index (κ1) is 9.19. The van der Waals surface area contributed by atoms with Crippen molar-refractivity contribution in [1.82, 2.24) is 10.2 Å². The van der Waals surface area contributed by atoms with Crippen molar-refractivity contribution in [3.63, 3.8) is 0 Å². The van der Waals surface area contributed by atoms with Gasteiger partial charge in [-0.1, -0.05) is 11.6 Å². The molecular weight excluding hydrogens is 164 g/mol. The first-order valence-electron chi connectivity index (χ1n) is 5.06. The largest absolute Gasteiger partial charge is 0.379 e. The van der Waals surface area contributed by atoms with Gasteiger partial charge >= 0.3 is 0 Å². The summed E-state index contributed by atoms with van der Waals surface area (Å²) in [6, 6.07) is 0.642. The number of ether oxygens (including phenoxy) is 1. The molecule has 0 aromatic heterocycles. The number of rotatable bonds is 3. The van der Waals surface area contributed by atoms with Gasteiger partial charge in [-0.05, 0) is 13.3 Å². The second-order valence-electron chi connectivity index (χ2n) is 3.83. The van der Waals surface area contributed by atoms with Crippen molar-refractivity contribution in [3.8, 4) is 0 Å². The lowest BCUT2D eigenvalue weighted by molar-refractivity contribution is 0.0329.